The average Bonchev–Trinajstić information content (AvgIpc) is 2.33. The van der Waals surface area contributed by atoms with Crippen molar-refractivity contribution in [3.8, 4) is 0 Å². The molecule has 0 radical (unpaired) electrons. The number of hydrogen-bond acceptors (Lipinski definition) is 3. The van der Waals surface area contributed by atoms with Crippen LogP contribution in [0.15, 0.2) is 12.1 Å². The van der Waals surface area contributed by atoms with Crippen molar-refractivity contribution in [1.82, 2.24) is 4.90 Å². The van der Waals surface area contributed by atoms with E-state index in [1.165, 1.54) is 9.75 Å². The summed E-state index contributed by atoms with van der Waals surface area (Å²) in [7, 11) is 1.81. The number of nitrogens with zero attached hydrogens (tertiary/aromatic N) is 1. The second-order valence-electron chi connectivity index (χ2n) is 3.08. The monoisotopic (exact) mass is 199 g/mol. The first-order chi connectivity index (χ1) is 6.08. The van der Waals surface area contributed by atoms with Crippen molar-refractivity contribution < 1.29 is 9.90 Å². The normalized spacial score (nSPS) is 10.7. The van der Waals surface area contributed by atoms with Crippen LogP contribution in [-0.4, -0.2) is 29.6 Å². The topological polar surface area (TPSA) is 40.5 Å². The predicted molar refractivity (Wildman–Crippen MR) is 53.0 cm³/mol. The van der Waals surface area contributed by atoms with E-state index in [9.17, 15) is 4.79 Å². The Hall–Kier alpha value is -0.870. The maximum atomic E-state index is 10.4. The Labute approximate surface area is 81.6 Å². The maximum absolute atomic E-state index is 10.4. The molecule has 0 fully saturated rings. The van der Waals surface area contributed by atoms with Crippen LogP contribution in [0, 0.1) is 6.92 Å². The molecule has 0 bridgehead atoms. The molecule has 0 aromatic carbocycles. The van der Waals surface area contributed by atoms with Crippen molar-refractivity contribution >= 4 is 17.3 Å². The summed E-state index contributed by atoms with van der Waals surface area (Å²) in [6, 6.07) is 4.09. The number of carboxylic acids is 1. The molecule has 0 unspecified atom stereocenters. The summed E-state index contributed by atoms with van der Waals surface area (Å²) in [6.07, 6.45) is 0. The molecule has 1 N–H and O–H groups in total. The molecule has 0 amide bonds. The van der Waals surface area contributed by atoms with Crippen LogP contribution < -0.4 is 0 Å². The van der Waals surface area contributed by atoms with E-state index >= 15 is 0 Å². The molecule has 0 spiro atoms. The molecule has 0 aliphatic carbocycles. The zero-order valence-electron chi connectivity index (χ0n) is 7.78. The van der Waals surface area contributed by atoms with Gasteiger partial charge in [-0.1, -0.05) is 0 Å². The molecule has 0 aliphatic rings. The van der Waals surface area contributed by atoms with Crippen molar-refractivity contribution in [2.75, 3.05) is 13.6 Å². The molecule has 1 rings (SSSR count). The first-order valence-corrected chi connectivity index (χ1v) is 4.85. The SMILES string of the molecule is Cc1ccc(CN(C)CC(=O)O)s1. The van der Waals surface area contributed by atoms with Gasteiger partial charge < -0.3 is 5.11 Å². The van der Waals surface area contributed by atoms with E-state index in [0.717, 1.165) is 0 Å². The molecule has 3 nitrogen and oxygen atoms in total. The van der Waals surface area contributed by atoms with Crippen LogP contribution in [0.2, 0.25) is 0 Å². The number of carboxylic acid groups (broad SMARTS) is 1. The number of likely N-dealkylation sites (N-methyl/N-ethyl adjacent to an activating group) is 1. The van der Waals surface area contributed by atoms with Gasteiger partial charge >= 0.3 is 5.97 Å². The molecule has 0 atom stereocenters. The first-order valence-electron chi connectivity index (χ1n) is 4.03. The Bertz CT molecular complexity index is 296. The summed E-state index contributed by atoms with van der Waals surface area (Å²) < 4.78 is 0. The highest BCUT2D eigenvalue weighted by molar-refractivity contribution is 7.11. The molecule has 4 heteroatoms. The summed E-state index contributed by atoms with van der Waals surface area (Å²) >= 11 is 1.71. The van der Waals surface area contributed by atoms with E-state index in [2.05, 4.69) is 6.07 Å². The molecule has 0 saturated heterocycles. The van der Waals surface area contributed by atoms with E-state index in [1.807, 2.05) is 20.0 Å². The summed E-state index contributed by atoms with van der Waals surface area (Å²) in [6.45, 7) is 2.85. The summed E-state index contributed by atoms with van der Waals surface area (Å²) in [5, 5.41) is 8.53. The third-order valence-electron chi connectivity index (χ3n) is 1.63. The van der Waals surface area contributed by atoms with Crippen LogP contribution in [-0.2, 0) is 11.3 Å². The number of hydrogen-bond donors (Lipinski definition) is 1. The van der Waals surface area contributed by atoms with Gasteiger partial charge in [0.1, 0.15) is 0 Å². The lowest BCUT2D eigenvalue weighted by Crippen LogP contribution is -2.24. The Kier molecular flexibility index (Phi) is 3.45. The highest BCUT2D eigenvalue weighted by atomic mass is 32.1. The summed E-state index contributed by atoms with van der Waals surface area (Å²) in [5.74, 6) is -0.782. The molecule has 1 aromatic heterocycles. The smallest absolute Gasteiger partial charge is 0.317 e. The maximum Gasteiger partial charge on any atom is 0.317 e. The van der Waals surface area contributed by atoms with Crippen molar-refractivity contribution in [3.05, 3.63) is 21.9 Å². The molecule has 1 heterocycles. The number of aliphatic carboxylic acids is 1. The van der Waals surface area contributed by atoms with Crippen LogP contribution in [0.3, 0.4) is 0 Å². The average molecular weight is 199 g/mol. The minimum atomic E-state index is -0.782. The van der Waals surface area contributed by atoms with Gasteiger partial charge in [0.25, 0.3) is 0 Å². The van der Waals surface area contributed by atoms with E-state index in [-0.39, 0.29) is 6.54 Å². The van der Waals surface area contributed by atoms with Gasteiger partial charge in [0.05, 0.1) is 6.54 Å². The van der Waals surface area contributed by atoms with Crippen molar-refractivity contribution in [2.45, 2.75) is 13.5 Å². The minimum Gasteiger partial charge on any atom is -0.480 e. The molecule has 13 heavy (non-hydrogen) atoms. The third-order valence-corrected chi connectivity index (χ3v) is 2.61. The van der Waals surface area contributed by atoms with Gasteiger partial charge in [-0.3, -0.25) is 9.69 Å². The standard InChI is InChI=1S/C9H13NO2S/c1-7-3-4-8(13-7)5-10(2)6-9(11)12/h3-4H,5-6H2,1-2H3,(H,11,12). The Morgan fingerprint density at radius 3 is 2.77 bits per heavy atom. The predicted octanol–water partition coefficient (Wildman–Crippen LogP) is 1.57. The Morgan fingerprint density at radius 2 is 2.31 bits per heavy atom. The fourth-order valence-corrected chi connectivity index (χ4v) is 2.09. The molecule has 72 valence electrons. The second kappa shape index (κ2) is 4.39. The minimum absolute atomic E-state index is 0.0942. The van der Waals surface area contributed by atoms with Gasteiger partial charge in [0.2, 0.25) is 0 Å². The van der Waals surface area contributed by atoms with Crippen molar-refractivity contribution in [1.29, 1.82) is 0 Å². The van der Waals surface area contributed by atoms with Crippen LogP contribution in [0.5, 0.6) is 0 Å². The lowest BCUT2D eigenvalue weighted by molar-refractivity contribution is -0.138. The fourth-order valence-electron chi connectivity index (χ4n) is 1.12. The van der Waals surface area contributed by atoms with Gasteiger partial charge in [-0.25, -0.2) is 0 Å². The van der Waals surface area contributed by atoms with E-state index in [1.54, 1.807) is 16.2 Å². The number of thiophene rings is 1. The van der Waals surface area contributed by atoms with Gasteiger partial charge in [-0.15, -0.1) is 11.3 Å². The highest BCUT2D eigenvalue weighted by Crippen LogP contribution is 2.16. The zero-order valence-corrected chi connectivity index (χ0v) is 8.60. The van der Waals surface area contributed by atoms with Gasteiger partial charge in [0, 0.05) is 16.3 Å². The van der Waals surface area contributed by atoms with Gasteiger partial charge in [0.15, 0.2) is 0 Å². The Morgan fingerprint density at radius 1 is 1.62 bits per heavy atom. The lowest BCUT2D eigenvalue weighted by Gasteiger charge is -2.11. The van der Waals surface area contributed by atoms with E-state index < -0.39 is 5.97 Å². The van der Waals surface area contributed by atoms with Crippen molar-refractivity contribution in [2.24, 2.45) is 0 Å². The first kappa shape index (κ1) is 10.2. The Balaban J connectivity index is 2.44. The summed E-state index contributed by atoms with van der Waals surface area (Å²) in [4.78, 5) is 14.6. The quantitative estimate of drug-likeness (QED) is 0.800. The third kappa shape index (κ3) is 3.57. The molecule has 1 aromatic rings. The van der Waals surface area contributed by atoms with E-state index in [4.69, 9.17) is 5.11 Å². The van der Waals surface area contributed by atoms with Crippen LogP contribution in [0.25, 0.3) is 0 Å². The number of aryl methyl sites for hydroxylation is 1. The molecule has 0 aliphatic heterocycles. The number of carbonyl (C=O) groups is 1. The largest absolute Gasteiger partial charge is 0.480 e. The van der Waals surface area contributed by atoms with Gasteiger partial charge in [-0.05, 0) is 26.1 Å². The summed E-state index contributed by atoms with van der Waals surface area (Å²) in [5.41, 5.74) is 0. The zero-order chi connectivity index (χ0) is 9.84. The van der Waals surface area contributed by atoms with E-state index in [0.29, 0.717) is 6.54 Å². The highest BCUT2D eigenvalue weighted by Gasteiger charge is 2.05. The van der Waals surface area contributed by atoms with Crippen LogP contribution in [0.4, 0.5) is 0 Å². The van der Waals surface area contributed by atoms with Gasteiger partial charge in [-0.2, -0.15) is 0 Å². The van der Waals surface area contributed by atoms with Crippen molar-refractivity contribution in [3.63, 3.8) is 0 Å². The number of rotatable bonds is 4. The molecule has 0 saturated carbocycles. The second-order valence-corrected chi connectivity index (χ2v) is 4.45. The van der Waals surface area contributed by atoms with Crippen LogP contribution in [0.1, 0.15) is 9.75 Å². The van der Waals surface area contributed by atoms with Crippen LogP contribution >= 0.6 is 11.3 Å². The molecular weight excluding hydrogens is 186 g/mol. The fraction of sp³-hybridized carbons (Fsp3) is 0.444. The molecular formula is C9H13NO2S. The lowest BCUT2D eigenvalue weighted by atomic mass is 10.4.